The fraction of sp³-hybridized carbons (Fsp3) is 0.529. The van der Waals surface area contributed by atoms with Crippen molar-refractivity contribution < 1.29 is 4.79 Å². The van der Waals surface area contributed by atoms with Gasteiger partial charge in [0.2, 0.25) is 0 Å². The molecule has 0 aliphatic heterocycles. The Kier molecular flexibility index (Phi) is 6.23. The molecule has 1 unspecified atom stereocenters. The SMILES string of the molecule is CCCn1c(C)cc(/C=C(/C#N)C(=O)NC(C)CC)c1C. The van der Waals surface area contributed by atoms with Crippen molar-refractivity contribution in [2.75, 3.05) is 0 Å². The van der Waals surface area contributed by atoms with Gasteiger partial charge in [-0.3, -0.25) is 4.79 Å². The number of hydrogen-bond donors (Lipinski definition) is 1. The molecule has 0 aliphatic carbocycles. The second-order valence-electron chi connectivity index (χ2n) is 5.43. The lowest BCUT2D eigenvalue weighted by molar-refractivity contribution is -0.117. The molecular formula is C17H25N3O. The highest BCUT2D eigenvalue weighted by Gasteiger charge is 2.13. The Morgan fingerprint density at radius 1 is 1.48 bits per heavy atom. The summed E-state index contributed by atoms with van der Waals surface area (Å²) in [6.45, 7) is 11.1. The van der Waals surface area contributed by atoms with Crippen molar-refractivity contribution >= 4 is 12.0 Å². The molecule has 1 atom stereocenters. The summed E-state index contributed by atoms with van der Waals surface area (Å²) in [7, 11) is 0. The fourth-order valence-electron chi connectivity index (χ4n) is 2.25. The van der Waals surface area contributed by atoms with Crippen LogP contribution in [-0.2, 0) is 11.3 Å². The molecule has 1 amide bonds. The molecule has 0 spiro atoms. The number of rotatable bonds is 6. The largest absolute Gasteiger partial charge is 0.349 e. The van der Waals surface area contributed by atoms with Crippen molar-refractivity contribution in [2.24, 2.45) is 0 Å². The topological polar surface area (TPSA) is 57.8 Å². The zero-order valence-electron chi connectivity index (χ0n) is 13.7. The Balaban J connectivity index is 3.07. The van der Waals surface area contributed by atoms with Crippen molar-refractivity contribution in [1.29, 1.82) is 5.26 Å². The van der Waals surface area contributed by atoms with E-state index in [0.717, 1.165) is 36.3 Å². The van der Waals surface area contributed by atoms with Gasteiger partial charge in [-0.15, -0.1) is 0 Å². The molecule has 1 N–H and O–H groups in total. The van der Waals surface area contributed by atoms with Crippen LogP contribution in [0, 0.1) is 25.2 Å². The van der Waals surface area contributed by atoms with Gasteiger partial charge in [-0.2, -0.15) is 5.26 Å². The second kappa shape index (κ2) is 7.68. The summed E-state index contributed by atoms with van der Waals surface area (Å²) in [5.41, 5.74) is 3.35. The highest BCUT2D eigenvalue weighted by molar-refractivity contribution is 6.01. The Morgan fingerprint density at radius 3 is 2.67 bits per heavy atom. The molecule has 0 fully saturated rings. The summed E-state index contributed by atoms with van der Waals surface area (Å²) in [6.07, 6.45) is 3.58. The number of nitriles is 1. The lowest BCUT2D eigenvalue weighted by atomic mass is 10.1. The van der Waals surface area contributed by atoms with Crippen LogP contribution >= 0.6 is 0 Å². The molecule has 4 nitrogen and oxygen atoms in total. The van der Waals surface area contributed by atoms with Gasteiger partial charge < -0.3 is 9.88 Å². The maximum absolute atomic E-state index is 12.1. The van der Waals surface area contributed by atoms with E-state index in [2.05, 4.69) is 16.8 Å². The monoisotopic (exact) mass is 287 g/mol. The third-order valence-corrected chi connectivity index (χ3v) is 3.71. The predicted octanol–water partition coefficient (Wildman–Crippen LogP) is 3.34. The van der Waals surface area contributed by atoms with Crippen molar-refractivity contribution in [1.82, 2.24) is 9.88 Å². The molecule has 0 radical (unpaired) electrons. The molecule has 0 saturated heterocycles. The first-order valence-electron chi connectivity index (χ1n) is 7.53. The Labute approximate surface area is 127 Å². The number of aromatic nitrogens is 1. The molecule has 1 rings (SSSR count). The smallest absolute Gasteiger partial charge is 0.262 e. The van der Waals surface area contributed by atoms with Crippen LogP contribution in [0.15, 0.2) is 11.6 Å². The van der Waals surface area contributed by atoms with E-state index in [4.69, 9.17) is 0 Å². The zero-order valence-corrected chi connectivity index (χ0v) is 13.7. The van der Waals surface area contributed by atoms with Gasteiger partial charge in [-0.1, -0.05) is 13.8 Å². The minimum absolute atomic E-state index is 0.0711. The second-order valence-corrected chi connectivity index (χ2v) is 5.43. The van der Waals surface area contributed by atoms with Crippen LogP contribution in [0.25, 0.3) is 6.08 Å². The third-order valence-electron chi connectivity index (χ3n) is 3.71. The van der Waals surface area contributed by atoms with E-state index in [0.29, 0.717) is 0 Å². The van der Waals surface area contributed by atoms with E-state index in [9.17, 15) is 10.1 Å². The highest BCUT2D eigenvalue weighted by Crippen LogP contribution is 2.18. The fourth-order valence-corrected chi connectivity index (χ4v) is 2.25. The Morgan fingerprint density at radius 2 is 2.14 bits per heavy atom. The highest BCUT2D eigenvalue weighted by atomic mass is 16.1. The minimum Gasteiger partial charge on any atom is -0.349 e. The van der Waals surface area contributed by atoms with E-state index in [1.54, 1.807) is 6.08 Å². The Hall–Kier alpha value is -2.02. The first-order valence-corrected chi connectivity index (χ1v) is 7.53. The first-order chi connectivity index (χ1) is 9.94. The van der Waals surface area contributed by atoms with E-state index >= 15 is 0 Å². The van der Waals surface area contributed by atoms with Crippen LogP contribution in [0.4, 0.5) is 0 Å². The lowest BCUT2D eigenvalue weighted by Crippen LogP contribution is -2.32. The van der Waals surface area contributed by atoms with Gasteiger partial charge in [0.15, 0.2) is 0 Å². The van der Waals surface area contributed by atoms with Crippen molar-refractivity contribution in [2.45, 2.75) is 60.0 Å². The number of amides is 1. The lowest BCUT2D eigenvalue weighted by Gasteiger charge is -2.10. The van der Waals surface area contributed by atoms with Crippen molar-refractivity contribution in [3.05, 3.63) is 28.6 Å². The average Bonchev–Trinajstić information content (AvgIpc) is 2.72. The van der Waals surface area contributed by atoms with Gasteiger partial charge in [-0.25, -0.2) is 0 Å². The number of carbonyl (C=O) groups excluding carboxylic acids is 1. The molecule has 4 heteroatoms. The van der Waals surface area contributed by atoms with Gasteiger partial charge in [0, 0.05) is 24.0 Å². The molecule has 0 bridgehead atoms. The van der Waals surface area contributed by atoms with Crippen LogP contribution in [-0.4, -0.2) is 16.5 Å². The van der Waals surface area contributed by atoms with Crippen LogP contribution in [0.3, 0.4) is 0 Å². The quantitative estimate of drug-likeness (QED) is 0.644. The summed E-state index contributed by atoms with van der Waals surface area (Å²) >= 11 is 0. The summed E-state index contributed by atoms with van der Waals surface area (Å²) < 4.78 is 2.22. The van der Waals surface area contributed by atoms with E-state index in [1.807, 2.05) is 39.8 Å². The Bertz CT molecular complexity index is 576. The van der Waals surface area contributed by atoms with Crippen LogP contribution in [0.5, 0.6) is 0 Å². The minimum atomic E-state index is -0.299. The number of nitrogens with one attached hydrogen (secondary N) is 1. The van der Waals surface area contributed by atoms with Gasteiger partial charge in [-0.05, 0) is 51.3 Å². The summed E-state index contributed by atoms with van der Waals surface area (Å²) in [5.74, 6) is -0.299. The third kappa shape index (κ3) is 4.22. The van der Waals surface area contributed by atoms with Gasteiger partial charge in [0.25, 0.3) is 5.91 Å². The van der Waals surface area contributed by atoms with Gasteiger partial charge in [0.05, 0.1) is 0 Å². The molecular weight excluding hydrogens is 262 g/mol. The molecule has 114 valence electrons. The predicted molar refractivity (Wildman–Crippen MR) is 85.7 cm³/mol. The van der Waals surface area contributed by atoms with Gasteiger partial charge >= 0.3 is 0 Å². The first kappa shape index (κ1) is 17.0. The molecule has 0 saturated carbocycles. The maximum Gasteiger partial charge on any atom is 0.262 e. The number of hydrogen-bond acceptors (Lipinski definition) is 2. The molecule has 1 aromatic rings. The van der Waals surface area contributed by atoms with Crippen LogP contribution < -0.4 is 5.32 Å². The molecule has 21 heavy (non-hydrogen) atoms. The van der Waals surface area contributed by atoms with Crippen LogP contribution in [0.2, 0.25) is 0 Å². The molecule has 1 heterocycles. The summed E-state index contributed by atoms with van der Waals surface area (Å²) in [5, 5.41) is 12.1. The summed E-state index contributed by atoms with van der Waals surface area (Å²) in [6, 6.07) is 4.11. The van der Waals surface area contributed by atoms with E-state index in [-0.39, 0.29) is 17.5 Å². The summed E-state index contributed by atoms with van der Waals surface area (Å²) in [4.78, 5) is 12.1. The molecule has 0 aliphatic rings. The van der Waals surface area contributed by atoms with Crippen LogP contribution in [0.1, 0.15) is 50.6 Å². The van der Waals surface area contributed by atoms with Crippen molar-refractivity contribution in [3.8, 4) is 6.07 Å². The zero-order chi connectivity index (χ0) is 16.0. The number of nitrogens with zero attached hydrogens (tertiary/aromatic N) is 2. The molecule has 0 aromatic carbocycles. The normalized spacial score (nSPS) is 12.9. The van der Waals surface area contributed by atoms with Crippen molar-refractivity contribution in [3.63, 3.8) is 0 Å². The average molecular weight is 287 g/mol. The number of aryl methyl sites for hydroxylation is 1. The van der Waals surface area contributed by atoms with E-state index in [1.165, 1.54) is 0 Å². The molecule has 1 aromatic heterocycles. The van der Waals surface area contributed by atoms with E-state index < -0.39 is 0 Å². The van der Waals surface area contributed by atoms with Gasteiger partial charge in [0.1, 0.15) is 11.6 Å². The standard InChI is InChI=1S/C17H25N3O/c1-6-8-20-13(4)9-15(14(20)5)10-16(11-18)17(21)19-12(3)7-2/h9-10,12H,6-8H2,1-5H3,(H,19,21)/b16-10-. The maximum atomic E-state index is 12.1. The number of carbonyl (C=O) groups is 1.